The van der Waals surface area contributed by atoms with Crippen LogP contribution in [0.2, 0.25) is 0 Å². The molecule has 138 valence electrons. The number of aromatic nitrogens is 1. The molecule has 1 aliphatic rings. The fourth-order valence-electron chi connectivity index (χ4n) is 2.92. The molecular weight excluding hydrogens is 336 g/mol. The van der Waals surface area contributed by atoms with Crippen LogP contribution in [0.15, 0.2) is 41.5 Å². The van der Waals surface area contributed by atoms with Gasteiger partial charge in [-0.25, -0.2) is 13.8 Å². The van der Waals surface area contributed by atoms with Gasteiger partial charge in [-0.15, -0.1) is 0 Å². The van der Waals surface area contributed by atoms with Crippen molar-refractivity contribution in [2.75, 3.05) is 25.0 Å². The van der Waals surface area contributed by atoms with Gasteiger partial charge in [-0.2, -0.15) is 0 Å². The third-order valence-corrected chi connectivity index (χ3v) is 4.38. The number of nitrogens with one attached hydrogen (secondary N) is 2. The van der Waals surface area contributed by atoms with Gasteiger partial charge in [0.1, 0.15) is 17.5 Å². The summed E-state index contributed by atoms with van der Waals surface area (Å²) in [6.45, 7) is 2.82. The van der Waals surface area contributed by atoms with Crippen LogP contribution >= 0.6 is 0 Å². The van der Waals surface area contributed by atoms with Crippen LogP contribution in [0.1, 0.15) is 24.0 Å². The Hall–Kier alpha value is -2.70. The molecule has 0 amide bonds. The molecular formula is C19H23F2N5. The van der Waals surface area contributed by atoms with E-state index in [-0.39, 0.29) is 12.1 Å². The van der Waals surface area contributed by atoms with Crippen molar-refractivity contribution in [3.8, 4) is 0 Å². The van der Waals surface area contributed by atoms with Crippen LogP contribution in [-0.2, 0) is 13.1 Å². The predicted molar refractivity (Wildman–Crippen MR) is 99.1 cm³/mol. The normalized spacial score (nSPS) is 14.6. The first-order valence-electron chi connectivity index (χ1n) is 8.74. The van der Waals surface area contributed by atoms with E-state index in [0.29, 0.717) is 12.5 Å². The Morgan fingerprint density at radius 2 is 1.88 bits per heavy atom. The number of nitrogens with zero attached hydrogens (tertiary/aromatic N) is 3. The zero-order valence-electron chi connectivity index (χ0n) is 14.8. The average Bonchev–Trinajstić information content (AvgIpc) is 3.20. The second kappa shape index (κ2) is 8.60. The van der Waals surface area contributed by atoms with Crippen molar-refractivity contribution in [1.29, 1.82) is 0 Å². The van der Waals surface area contributed by atoms with Crippen LogP contribution in [0.5, 0.6) is 0 Å². The van der Waals surface area contributed by atoms with Crippen molar-refractivity contribution in [3.63, 3.8) is 0 Å². The van der Waals surface area contributed by atoms with E-state index in [2.05, 4.69) is 25.5 Å². The Bertz CT molecular complexity index is 755. The number of guanidine groups is 1. The van der Waals surface area contributed by atoms with Crippen molar-refractivity contribution in [2.24, 2.45) is 4.99 Å². The number of hydrogen-bond donors (Lipinski definition) is 2. The smallest absolute Gasteiger partial charge is 0.191 e. The first-order valence-corrected chi connectivity index (χ1v) is 8.74. The van der Waals surface area contributed by atoms with Gasteiger partial charge in [0.05, 0.1) is 0 Å². The lowest BCUT2D eigenvalue weighted by Gasteiger charge is -2.16. The highest BCUT2D eigenvalue weighted by molar-refractivity contribution is 5.79. The van der Waals surface area contributed by atoms with Gasteiger partial charge >= 0.3 is 0 Å². The molecule has 1 fully saturated rings. The van der Waals surface area contributed by atoms with E-state index in [4.69, 9.17) is 0 Å². The molecule has 7 heteroatoms. The van der Waals surface area contributed by atoms with E-state index >= 15 is 0 Å². The molecule has 1 aliphatic heterocycles. The maximum Gasteiger partial charge on any atom is 0.191 e. The summed E-state index contributed by atoms with van der Waals surface area (Å²) in [4.78, 5) is 10.9. The van der Waals surface area contributed by atoms with E-state index in [1.807, 2.05) is 18.3 Å². The molecule has 0 saturated carbocycles. The lowest BCUT2D eigenvalue weighted by atomic mass is 10.2. The first-order chi connectivity index (χ1) is 12.7. The van der Waals surface area contributed by atoms with Gasteiger partial charge in [0.2, 0.25) is 0 Å². The fourth-order valence-corrected chi connectivity index (χ4v) is 2.92. The number of hydrogen-bond acceptors (Lipinski definition) is 3. The molecule has 2 heterocycles. The van der Waals surface area contributed by atoms with Crippen molar-refractivity contribution < 1.29 is 8.78 Å². The maximum absolute atomic E-state index is 13.7. The summed E-state index contributed by atoms with van der Waals surface area (Å²) >= 11 is 0. The van der Waals surface area contributed by atoms with Gasteiger partial charge in [-0.05, 0) is 42.7 Å². The Morgan fingerprint density at radius 3 is 2.58 bits per heavy atom. The van der Waals surface area contributed by atoms with E-state index in [9.17, 15) is 8.78 Å². The highest BCUT2D eigenvalue weighted by Gasteiger charge is 2.13. The second-order valence-corrected chi connectivity index (χ2v) is 6.23. The third kappa shape index (κ3) is 4.68. The molecule has 5 nitrogen and oxygen atoms in total. The molecule has 1 aromatic heterocycles. The number of rotatable bonds is 5. The minimum atomic E-state index is -0.463. The van der Waals surface area contributed by atoms with Crippen LogP contribution < -0.4 is 15.5 Å². The summed E-state index contributed by atoms with van der Waals surface area (Å²) in [5.41, 5.74) is 1.28. The maximum atomic E-state index is 13.7. The summed E-state index contributed by atoms with van der Waals surface area (Å²) in [5, 5.41) is 6.13. The van der Waals surface area contributed by atoms with Gasteiger partial charge in [0.25, 0.3) is 0 Å². The highest BCUT2D eigenvalue weighted by Crippen LogP contribution is 2.17. The largest absolute Gasteiger partial charge is 0.357 e. The van der Waals surface area contributed by atoms with Gasteiger partial charge in [0.15, 0.2) is 5.96 Å². The molecule has 1 saturated heterocycles. The Kier molecular flexibility index (Phi) is 5.99. The lowest BCUT2D eigenvalue weighted by Crippen LogP contribution is -2.36. The zero-order chi connectivity index (χ0) is 18.4. The highest BCUT2D eigenvalue weighted by atomic mass is 19.1. The summed E-state index contributed by atoms with van der Waals surface area (Å²) in [7, 11) is 1.63. The molecule has 0 radical (unpaired) electrons. The van der Waals surface area contributed by atoms with Gasteiger partial charge < -0.3 is 15.5 Å². The standard InChI is InChI=1S/C19H23F2N5/c1-22-19(25-13-15-10-16(20)5-6-17(15)21)24-12-14-4-7-18(23-11-14)26-8-2-3-9-26/h4-7,10-11H,2-3,8-9,12-13H2,1H3,(H2,22,24,25). The molecule has 0 atom stereocenters. The van der Waals surface area contributed by atoms with E-state index < -0.39 is 11.6 Å². The SMILES string of the molecule is CN=C(NCc1ccc(N2CCCC2)nc1)NCc1cc(F)ccc1F. The third-order valence-electron chi connectivity index (χ3n) is 4.38. The van der Waals surface area contributed by atoms with Crippen LogP contribution in [-0.4, -0.2) is 31.1 Å². The minimum absolute atomic E-state index is 0.148. The summed E-state index contributed by atoms with van der Waals surface area (Å²) < 4.78 is 26.9. The minimum Gasteiger partial charge on any atom is -0.357 e. The van der Waals surface area contributed by atoms with Gasteiger partial charge in [-0.1, -0.05) is 6.07 Å². The second-order valence-electron chi connectivity index (χ2n) is 6.23. The molecule has 2 N–H and O–H groups in total. The number of halogens is 2. The Balaban J connectivity index is 1.51. The number of aliphatic imine (C=N–C) groups is 1. The molecule has 0 aliphatic carbocycles. The van der Waals surface area contributed by atoms with Crippen molar-refractivity contribution in [3.05, 3.63) is 59.3 Å². The zero-order valence-corrected chi connectivity index (χ0v) is 14.8. The van der Waals surface area contributed by atoms with Crippen molar-refractivity contribution in [2.45, 2.75) is 25.9 Å². The van der Waals surface area contributed by atoms with Crippen LogP contribution in [0.25, 0.3) is 0 Å². The fraction of sp³-hybridized carbons (Fsp3) is 0.368. The summed E-state index contributed by atoms with van der Waals surface area (Å²) in [6.07, 6.45) is 4.29. The predicted octanol–water partition coefficient (Wildman–Crippen LogP) is 2.83. The number of pyridine rings is 1. The Morgan fingerprint density at radius 1 is 1.12 bits per heavy atom. The molecule has 0 spiro atoms. The van der Waals surface area contributed by atoms with Crippen molar-refractivity contribution in [1.82, 2.24) is 15.6 Å². The lowest BCUT2D eigenvalue weighted by molar-refractivity contribution is 0.581. The summed E-state index contributed by atoms with van der Waals surface area (Å²) in [6, 6.07) is 7.46. The van der Waals surface area contributed by atoms with Gasteiger partial charge in [-0.3, -0.25) is 4.99 Å². The molecule has 0 unspecified atom stereocenters. The first kappa shape index (κ1) is 18.1. The topological polar surface area (TPSA) is 52.6 Å². The summed E-state index contributed by atoms with van der Waals surface area (Å²) in [5.74, 6) is 0.610. The molecule has 0 bridgehead atoms. The van der Waals surface area contributed by atoms with Crippen LogP contribution in [0, 0.1) is 11.6 Å². The Labute approximate surface area is 152 Å². The van der Waals surface area contributed by atoms with Crippen LogP contribution in [0.4, 0.5) is 14.6 Å². The monoisotopic (exact) mass is 359 g/mol. The van der Waals surface area contributed by atoms with E-state index in [1.54, 1.807) is 7.05 Å². The van der Waals surface area contributed by atoms with E-state index in [0.717, 1.165) is 36.6 Å². The molecule has 1 aromatic carbocycles. The number of anilines is 1. The van der Waals surface area contributed by atoms with Crippen molar-refractivity contribution >= 4 is 11.8 Å². The quantitative estimate of drug-likeness (QED) is 0.637. The molecule has 3 rings (SSSR count). The molecule has 2 aromatic rings. The van der Waals surface area contributed by atoms with Crippen LogP contribution in [0.3, 0.4) is 0 Å². The molecule has 26 heavy (non-hydrogen) atoms. The number of benzene rings is 1. The average molecular weight is 359 g/mol. The van der Waals surface area contributed by atoms with Gasteiger partial charge in [0, 0.05) is 45.0 Å². The van der Waals surface area contributed by atoms with E-state index in [1.165, 1.54) is 18.9 Å².